The highest BCUT2D eigenvalue weighted by Gasteiger charge is 2.37. The minimum absolute atomic E-state index is 0.133. The normalized spacial score (nSPS) is 17.4. The molecule has 1 aromatic carbocycles. The molecule has 0 amide bonds. The number of hydrogen-bond donors (Lipinski definition) is 2. The van der Waals surface area contributed by atoms with Crippen molar-refractivity contribution >= 4 is 11.9 Å². The Morgan fingerprint density at radius 3 is 2.21 bits per heavy atom. The van der Waals surface area contributed by atoms with E-state index in [4.69, 9.17) is 9.47 Å². The maximum absolute atomic E-state index is 12.4. The first-order valence-electron chi connectivity index (χ1n) is 7.63. The van der Waals surface area contributed by atoms with Gasteiger partial charge in [-0.1, -0.05) is 12.1 Å². The molecule has 0 aliphatic carbocycles. The van der Waals surface area contributed by atoms with Gasteiger partial charge in [-0.05, 0) is 38.5 Å². The molecule has 0 bridgehead atoms. The lowest BCUT2D eigenvalue weighted by Gasteiger charge is -2.29. The molecule has 0 radical (unpaired) electrons. The Morgan fingerprint density at radius 2 is 1.71 bits per heavy atom. The number of methoxy groups -OCH3 is 1. The van der Waals surface area contributed by atoms with Gasteiger partial charge in [-0.3, -0.25) is 0 Å². The van der Waals surface area contributed by atoms with Gasteiger partial charge in [0.1, 0.15) is 5.75 Å². The van der Waals surface area contributed by atoms with Crippen LogP contribution < -0.4 is 10.1 Å². The third kappa shape index (κ3) is 3.27. The summed E-state index contributed by atoms with van der Waals surface area (Å²) in [7, 11) is 1.56. The fraction of sp³-hybridized carbons (Fsp3) is 0.333. The van der Waals surface area contributed by atoms with Crippen LogP contribution in [-0.4, -0.2) is 30.8 Å². The molecule has 1 aromatic rings. The minimum Gasteiger partial charge on any atom is -0.497 e. The average Bonchev–Trinajstić information content (AvgIpc) is 2.53. The summed E-state index contributed by atoms with van der Waals surface area (Å²) in [6.45, 7) is 5.36. The van der Waals surface area contributed by atoms with Crippen LogP contribution in [0.15, 0.2) is 46.8 Å². The third-order valence-corrected chi connectivity index (χ3v) is 3.94. The first-order valence-corrected chi connectivity index (χ1v) is 7.63. The van der Waals surface area contributed by atoms with Gasteiger partial charge in [-0.15, -0.1) is 0 Å². The molecule has 0 fully saturated rings. The van der Waals surface area contributed by atoms with Gasteiger partial charge in [0.25, 0.3) is 0 Å². The van der Waals surface area contributed by atoms with Crippen molar-refractivity contribution in [2.75, 3.05) is 13.7 Å². The molecule has 1 atom stereocenters. The molecule has 1 aliphatic rings. The van der Waals surface area contributed by atoms with Gasteiger partial charge in [0.15, 0.2) is 0 Å². The molecule has 0 saturated heterocycles. The zero-order chi connectivity index (χ0) is 17.9. The Balaban J connectivity index is 2.60. The number of ether oxygens (including phenoxy) is 2. The Kier molecular flexibility index (Phi) is 5.28. The number of allylic oxidation sites excluding steroid dienone is 2. The van der Waals surface area contributed by atoms with Crippen LogP contribution in [0.1, 0.15) is 32.3 Å². The zero-order valence-corrected chi connectivity index (χ0v) is 14.2. The van der Waals surface area contributed by atoms with Crippen LogP contribution in [0, 0.1) is 0 Å². The number of carboxylic acids is 1. The summed E-state index contributed by atoms with van der Waals surface area (Å²) < 4.78 is 10.3. The molecule has 6 heteroatoms. The fourth-order valence-corrected chi connectivity index (χ4v) is 2.89. The number of carboxylic acid groups (broad SMARTS) is 1. The van der Waals surface area contributed by atoms with Crippen LogP contribution in [0.4, 0.5) is 0 Å². The van der Waals surface area contributed by atoms with E-state index >= 15 is 0 Å². The quantitative estimate of drug-likeness (QED) is 0.807. The number of rotatable bonds is 5. The minimum atomic E-state index is -1.07. The van der Waals surface area contributed by atoms with Crippen LogP contribution in [-0.2, 0) is 14.3 Å². The largest absolute Gasteiger partial charge is 0.497 e. The van der Waals surface area contributed by atoms with Crippen molar-refractivity contribution in [1.82, 2.24) is 5.32 Å². The molecule has 2 rings (SSSR count). The van der Waals surface area contributed by atoms with Gasteiger partial charge in [0.05, 0.1) is 30.8 Å². The molecule has 0 spiro atoms. The van der Waals surface area contributed by atoms with E-state index in [0.29, 0.717) is 28.3 Å². The number of esters is 1. The van der Waals surface area contributed by atoms with Crippen molar-refractivity contribution in [3.05, 3.63) is 52.4 Å². The van der Waals surface area contributed by atoms with Gasteiger partial charge in [-0.25, -0.2) is 9.59 Å². The van der Waals surface area contributed by atoms with E-state index < -0.39 is 17.9 Å². The predicted octanol–water partition coefficient (Wildman–Crippen LogP) is 2.58. The molecule has 6 nitrogen and oxygen atoms in total. The number of aliphatic carboxylic acids is 1. The predicted molar refractivity (Wildman–Crippen MR) is 88.5 cm³/mol. The highest BCUT2D eigenvalue weighted by atomic mass is 16.5. The number of carbonyl (C=O) groups excluding carboxylic acids is 1. The van der Waals surface area contributed by atoms with Crippen LogP contribution in [0.2, 0.25) is 0 Å². The molecule has 1 unspecified atom stereocenters. The molecule has 128 valence electrons. The van der Waals surface area contributed by atoms with Crippen molar-refractivity contribution in [1.29, 1.82) is 0 Å². The molecule has 0 saturated carbocycles. The molecule has 1 heterocycles. The second kappa shape index (κ2) is 7.21. The summed E-state index contributed by atoms with van der Waals surface area (Å²) in [5, 5.41) is 12.6. The standard InChI is InChI=1S/C18H21NO5/c1-5-24-18(22)15-11(3)19-10(2)14(17(20)21)16(15)12-6-8-13(23-4)9-7-12/h6-9,16,19H,5H2,1-4H3,(H,20,21). The van der Waals surface area contributed by atoms with Gasteiger partial charge in [0.2, 0.25) is 0 Å². The molecular weight excluding hydrogens is 310 g/mol. The van der Waals surface area contributed by atoms with Crippen molar-refractivity contribution in [3.8, 4) is 5.75 Å². The molecule has 2 N–H and O–H groups in total. The lowest BCUT2D eigenvalue weighted by Crippen LogP contribution is -2.31. The Labute approximate surface area is 140 Å². The topological polar surface area (TPSA) is 84.9 Å². The average molecular weight is 331 g/mol. The second-order valence-corrected chi connectivity index (χ2v) is 5.43. The van der Waals surface area contributed by atoms with Crippen molar-refractivity contribution in [2.45, 2.75) is 26.7 Å². The van der Waals surface area contributed by atoms with E-state index in [1.165, 1.54) is 0 Å². The summed E-state index contributed by atoms with van der Waals surface area (Å²) >= 11 is 0. The number of carbonyl (C=O) groups is 2. The first kappa shape index (κ1) is 17.6. The van der Waals surface area contributed by atoms with Crippen LogP contribution in [0.3, 0.4) is 0 Å². The van der Waals surface area contributed by atoms with Crippen LogP contribution in [0.25, 0.3) is 0 Å². The molecule has 24 heavy (non-hydrogen) atoms. The summed E-state index contributed by atoms with van der Waals surface area (Å²) in [5.74, 6) is -1.64. The SMILES string of the molecule is CCOC(=O)C1=C(C)NC(C)=C(C(=O)O)C1c1ccc(OC)cc1. The second-order valence-electron chi connectivity index (χ2n) is 5.43. The summed E-state index contributed by atoms with van der Waals surface area (Å²) in [6, 6.07) is 7.00. The highest BCUT2D eigenvalue weighted by Crippen LogP contribution is 2.39. The summed E-state index contributed by atoms with van der Waals surface area (Å²) in [6.07, 6.45) is 0. The molecular formula is C18H21NO5. The van der Waals surface area contributed by atoms with Crippen LogP contribution >= 0.6 is 0 Å². The number of nitrogens with one attached hydrogen (secondary N) is 1. The molecule has 0 aromatic heterocycles. The van der Waals surface area contributed by atoms with Crippen LogP contribution in [0.5, 0.6) is 5.75 Å². The Bertz CT molecular complexity index is 715. The third-order valence-electron chi connectivity index (χ3n) is 3.94. The monoisotopic (exact) mass is 331 g/mol. The number of hydrogen-bond acceptors (Lipinski definition) is 5. The van der Waals surface area contributed by atoms with E-state index in [1.54, 1.807) is 52.1 Å². The van der Waals surface area contributed by atoms with Gasteiger partial charge in [-0.2, -0.15) is 0 Å². The van der Waals surface area contributed by atoms with Gasteiger partial charge in [0, 0.05) is 11.4 Å². The fourth-order valence-electron chi connectivity index (χ4n) is 2.89. The number of benzene rings is 1. The van der Waals surface area contributed by atoms with E-state index in [2.05, 4.69) is 5.32 Å². The first-order chi connectivity index (χ1) is 11.4. The van der Waals surface area contributed by atoms with E-state index in [1.807, 2.05) is 0 Å². The van der Waals surface area contributed by atoms with Crippen molar-refractivity contribution < 1.29 is 24.2 Å². The molecule has 1 aliphatic heterocycles. The van der Waals surface area contributed by atoms with Gasteiger partial charge >= 0.3 is 11.9 Å². The van der Waals surface area contributed by atoms with Crippen molar-refractivity contribution in [2.24, 2.45) is 0 Å². The maximum Gasteiger partial charge on any atom is 0.336 e. The number of dihydropyridines is 1. The van der Waals surface area contributed by atoms with E-state index in [9.17, 15) is 14.7 Å². The Morgan fingerprint density at radius 1 is 1.12 bits per heavy atom. The van der Waals surface area contributed by atoms with E-state index in [0.717, 1.165) is 0 Å². The lowest BCUT2D eigenvalue weighted by atomic mass is 9.80. The van der Waals surface area contributed by atoms with Crippen molar-refractivity contribution in [3.63, 3.8) is 0 Å². The zero-order valence-electron chi connectivity index (χ0n) is 14.2. The lowest BCUT2D eigenvalue weighted by molar-refractivity contribution is -0.138. The maximum atomic E-state index is 12.4. The smallest absolute Gasteiger partial charge is 0.336 e. The summed E-state index contributed by atoms with van der Waals surface area (Å²) in [4.78, 5) is 24.2. The Hall–Kier alpha value is -2.76. The van der Waals surface area contributed by atoms with E-state index in [-0.39, 0.29) is 12.2 Å². The van der Waals surface area contributed by atoms with Gasteiger partial charge < -0.3 is 19.9 Å². The summed E-state index contributed by atoms with van der Waals surface area (Å²) in [5.41, 5.74) is 2.24. The highest BCUT2D eigenvalue weighted by molar-refractivity contribution is 5.99.